The summed E-state index contributed by atoms with van der Waals surface area (Å²) in [6.07, 6.45) is 0.893. The predicted octanol–water partition coefficient (Wildman–Crippen LogP) is 6.34. The van der Waals surface area contributed by atoms with Gasteiger partial charge in [0.25, 0.3) is 0 Å². The number of nitrogens with zero attached hydrogens (tertiary/aromatic N) is 1. The van der Waals surface area contributed by atoms with Crippen LogP contribution in [0, 0.1) is 16.7 Å². The molecule has 3 rings (SSSR count). The van der Waals surface area contributed by atoms with E-state index in [1.165, 1.54) is 0 Å². The Hall–Kier alpha value is -1.53. The number of hydrogen-bond acceptors (Lipinski definition) is 2. The summed E-state index contributed by atoms with van der Waals surface area (Å²) in [5, 5.41) is 15.7. The van der Waals surface area contributed by atoms with Gasteiger partial charge < -0.3 is 5.32 Å². The van der Waals surface area contributed by atoms with Gasteiger partial charge in [-0.15, -0.1) is 0 Å². The maximum absolute atomic E-state index is 10.6. The van der Waals surface area contributed by atoms with Crippen LogP contribution in [0.5, 0.6) is 0 Å². The van der Waals surface area contributed by atoms with Gasteiger partial charge in [-0.2, -0.15) is 5.26 Å². The second-order valence-electron chi connectivity index (χ2n) is 8.79. The molecular formula is C23H26Cl2N2. The first-order valence-electron chi connectivity index (χ1n) is 9.36. The van der Waals surface area contributed by atoms with Gasteiger partial charge in [0.05, 0.1) is 6.07 Å². The van der Waals surface area contributed by atoms with Crippen LogP contribution in [0.2, 0.25) is 10.0 Å². The van der Waals surface area contributed by atoms with E-state index < -0.39 is 5.41 Å². The van der Waals surface area contributed by atoms with Crippen LogP contribution in [0.3, 0.4) is 0 Å². The van der Waals surface area contributed by atoms with Gasteiger partial charge in [0.1, 0.15) is 5.41 Å². The molecule has 27 heavy (non-hydrogen) atoms. The molecule has 0 radical (unpaired) electrons. The number of nitrogens with one attached hydrogen (secondary N) is 1. The van der Waals surface area contributed by atoms with Crippen molar-refractivity contribution in [2.45, 2.75) is 57.5 Å². The van der Waals surface area contributed by atoms with Crippen molar-refractivity contribution < 1.29 is 0 Å². The van der Waals surface area contributed by atoms with Crippen molar-refractivity contribution in [3.8, 4) is 6.07 Å². The Labute approximate surface area is 172 Å². The molecule has 0 saturated carbocycles. The molecule has 2 aromatic carbocycles. The fraction of sp³-hybridized carbons (Fsp3) is 0.435. The maximum Gasteiger partial charge on any atom is 0.106 e. The normalized spacial score (nSPS) is 28.1. The highest BCUT2D eigenvalue weighted by Gasteiger charge is 2.56. The average Bonchev–Trinajstić information content (AvgIpc) is 2.85. The van der Waals surface area contributed by atoms with Gasteiger partial charge in [-0.25, -0.2) is 0 Å². The average molecular weight is 401 g/mol. The zero-order valence-electron chi connectivity index (χ0n) is 16.3. The van der Waals surface area contributed by atoms with Crippen molar-refractivity contribution in [2.24, 2.45) is 5.41 Å². The molecule has 1 aliphatic rings. The first kappa shape index (κ1) is 20.2. The summed E-state index contributed by atoms with van der Waals surface area (Å²) in [6, 6.07) is 18.6. The van der Waals surface area contributed by atoms with E-state index in [0.717, 1.165) is 17.5 Å². The van der Waals surface area contributed by atoms with E-state index in [1.807, 2.05) is 42.5 Å². The molecule has 1 aliphatic heterocycles. The molecule has 142 valence electrons. The number of benzene rings is 2. The highest BCUT2D eigenvalue weighted by molar-refractivity contribution is 6.30. The first-order valence-corrected chi connectivity index (χ1v) is 10.1. The second-order valence-corrected chi connectivity index (χ2v) is 9.67. The van der Waals surface area contributed by atoms with Crippen molar-refractivity contribution in [1.29, 1.82) is 5.26 Å². The minimum Gasteiger partial charge on any atom is -0.309 e. The van der Waals surface area contributed by atoms with E-state index in [2.05, 4.69) is 45.1 Å². The highest BCUT2D eigenvalue weighted by Crippen LogP contribution is 2.51. The summed E-state index contributed by atoms with van der Waals surface area (Å²) < 4.78 is 0. The van der Waals surface area contributed by atoms with Crippen molar-refractivity contribution in [3.05, 3.63) is 69.7 Å². The first-order chi connectivity index (χ1) is 12.7. The quantitative estimate of drug-likeness (QED) is 0.652. The molecule has 1 saturated heterocycles. The van der Waals surface area contributed by atoms with Crippen LogP contribution in [-0.4, -0.2) is 12.1 Å². The SMILES string of the molecule is CC1N[C@@H](CC(C)(C)C)[C@](C#N)(c2ccc(Cl)cc2)C1c1cccc(Cl)c1. The third-order valence-corrected chi connectivity index (χ3v) is 6.02. The molecule has 1 heterocycles. The van der Waals surface area contributed by atoms with Gasteiger partial charge in [-0.05, 0) is 54.2 Å². The summed E-state index contributed by atoms with van der Waals surface area (Å²) in [7, 11) is 0. The molecule has 4 atom stereocenters. The molecular weight excluding hydrogens is 375 g/mol. The Morgan fingerprint density at radius 2 is 1.74 bits per heavy atom. The minimum atomic E-state index is -0.692. The zero-order valence-corrected chi connectivity index (χ0v) is 17.8. The lowest BCUT2D eigenvalue weighted by atomic mass is 9.63. The molecule has 4 heteroatoms. The van der Waals surface area contributed by atoms with Crippen molar-refractivity contribution in [2.75, 3.05) is 0 Å². The third kappa shape index (κ3) is 3.87. The summed E-state index contributed by atoms with van der Waals surface area (Å²) in [5.74, 6) is -0.00488. The monoisotopic (exact) mass is 400 g/mol. The number of nitriles is 1. The van der Waals surface area contributed by atoms with Gasteiger partial charge in [-0.1, -0.05) is 68.2 Å². The maximum atomic E-state index is 10.6. The van der Waals surface area contributed by atoms with Crippen LogP contribution in [0.1, 0.15) is 51.2 Å². The van der Waals surface area contributed by atoms with Crippen LogP contribution >= 0.6 is 23.2 Å². The van der Waals surface area contributed by atoms with Crippen LogP contribution in [-0.2, 0) is 5.41 Å². The smallest absolute Gasteiger partial charge is 0.106 e. The van der Waals surface area contributed by atoms with Crippen molar-refractivity contribution in [3.63, 3.8) is 0 Å². The fourth-order valence-corrected chi connectivity index (χ4v) is 4.88. The number of rotatable bonds is 3. The summed E-state index contributed by atoms with van der Waals surface area (Å²) in [5.41, 5.74) is 1.50. The molecule has 0 aromatic heterocycles. The van der Waals surface area contributed by atoms with E-state index in [0.29, 0.717) is 10.0 Å². The van der Waals surface area contributed by atoms with Crippen LogP contribution < -0.4 is 5.32 Å². The molecule has 0 aliphatic carbocycles. The van der Waals surface area contributed by atoms with Gasteiger partial charge >= 0.3 is 0 Å². The largest absolute Gasteiger partial charge is 0.309 e. The van der Waals surface area contributed by atoms with E-state index in [9.17, 15) is 5.26 Å². The van der Waals surface area contributed by atoms with Gasteiger partial charge in [0, 0.05) is 28.0 Å². The molecule has 2 aromatic rings. The minimum absolute atomic E-state index is 0.00488. The Balaban J connectivity index is 2.21. The predicted molar refractivity (Wildman–Crippen MR) is 113 cm³/mol. The molecule has 1 fully saturated rings. The van der Waals surface area contributed by atoms with Crippen molar-refractivity contribution >= 4 is 23.2 Å². The molecule has 0 bridgehead atoms. The fourth-order valence-electron chi connectivity index (χ4n) is 4.56. The van der Waals surface area contributed by atoms with E-state index >= 15 is 0 Å². The second kappa shape index (κ2) is 7.47. The lowest BCUT2D eigenvalue weighted by Crippen LogP contribution is -2.44. The van der Waals surface area contributed by atoms with Gasteiger partial charge in [-0.3, -0.25) is 0 Å². The summed E-state index contributed by atoms with van der Waals surface area (Å²) in [6.45, 7) is 8.82. The Morgan fingerprint density at radius 3 is 2.30 bits per heavy atom. The molecule has 2 unspecified atom stereocenters. The zero-order chi connectivity index (χ0) is 19.8. The number of halogens is 2. The van der Waals surface area contributed by atoms with E-state index in [4.69, 9.17) is 23.2 Å². The third-order valence-electron chi connectivity index (χ3n) is 5.54. The van der Waals surface area contributed by atoms with Gasteiger partial charge in [0.15, 0.2) is 0 Å². The number of hydrogen-bond donors (Lipinski definition) is 1. The van der Waals surface area contributed by atoms with Crippen molar-refractivity contribution in [1.82, 2.24) is 5.32 Å². The van der Waals surface area contributed by atoms with E-state index in [1.54, 1.807) is 0 Å². The molecule has 2 nitrogen and oxygen atoms in total. The molecule has 1 N–H and O–H groups in total. The topological polar surface area (TPSA) is 35.8 Å². The van der Waals surface area contributed by atoms with E-state index in [-0.39, 0.29) is 23.4 Å². The van der Waals surface area contributed by atoms with Crippen LogP contribution in [0.4, 0.5) is 0 Å². The summed E-state index contributed by atoms with van der Waals surface area (Å²) in [4.78, 5) is 0. The Bertz CT molecular complexity index is 848. The van der Waals surface area contributed by atoms with Gasteiger partial charge in [0.2, 0.25) is 0 Å². The Morgan fingerprint density at radius 1 is 1.07 bits per heavy atom. The molecule has 0 spiro atoms. The standard InChI is InChI=1S/C23H26Cl2N2/c1-15-21(16-6-5-7-19(25)12-16)23(14-26,17-8-10-18(24)11-9-17)20(27-15)13-22(2,3)4/h5-12,15,20-21,27H,13H2,1-4H3/t15?,20-,21?,23-/m0/s1. The lowest BCUT2D eigenvalue weighted by molar-refractivity contribution is 0.282. The Kier molecular flexibility index (Phi) is 5.59. The summed E-state index contributed by atoms with van der Waals surface area (Å²) >= 11 is 12.4. The van der Waals surface area contributed by atoms with Crippen LogP contribution in [0.25, 0.3) is 0 Å². The lowest BCUT2D eigenvalue weighted by Gasteiger charge is -2.37. The highest BCUT2D eigenvalue weighted by atomic mass is 35.5. The molecule has 0 amide bonds. The van der Waals surface area contributed by atoms with Crippen LogP contribution in [0.15, 0.2) is 48.5 Å².